The van der Waals surface area contributed by atoms with Crippen molar-refractivity contribution in [2.24, 2.45) is 5.92 Å². The van der Waals surface area contributed by atoms with Crippen LogP contribution in [0.1, 0.15) is 42.2 Å². The molecule has 1 unspecified atom stereocenters. The second kappa shape index (κ2) is 7.75. The Bertz CT molecular complexity index is 589. The number of aliphatic hydroxyl groups is 1. The minimum Gasteiger partial charge on any atom is -0.387 e. The van der Waals surface area contributed by atoms with E-state index in [2.05, 4.69) is 10.2 Å². The molecule has 0 spiro atoms. The fourth-order valence-corrected chi connectivity index (χ4v) is 3.98. The number of H-pyrrole nitrogens is 1. The molecule has 0 aromatic carbocycles. The highest BCUT2D eigenvalue weighted by atomic mass is 32.1. The Labute approximate surface area is 140 Å². The highest BCUT2D eigenvalue weighted by Crippen LogP contribution is 2.33. The van der Waals surface area contributed by atoms with E-state index in [1.54, 1.807) is 11.3 Å². The van der Waals surface area contributed by atoms with Crippen molar-refractivity contribution in [1.29, 1.82) is 0 Å². The second-order valence-corrected chi connectivity index (χ2v) is 7.12. The first-order valence-corrected chi connectivity index (χ1v) is 9.09. The molecule has 1 amide bonds. The van der Waals surface area contributed by atoms with E-state index in [4.69, 9.17) is 0 Å². The number of aliphatic hydroxyl groups excluding tert-OH is 1. The van der Waals surface area contributed by atoms with Crippen molar-refractivity contribution in [3.63, 3.8) is 0 Å². The number of rotatable bonds is 6. The molecule has 23 heavy (non-hydrogen) atoms. The Balaban J connectivity index is 1.40. The van der Waals surface area contributed by atoms with Crippen LogP contribution in [0.5, 0.6) is 0 Å². The number of carbonyl (C=O) groups excluding carboxylic acids is 1. The van der Waals surface area contributed by atoms with Crippen LogP contribution in [0.4, 0.5) is 0 Å². The lowest BCUT2D eigenvalue weighted by molar-refractivity contribution is -0.133. The van der Waals surface area contributed by atoms with Gasteiger partial charge in [-0.15, -0.1) is 11.3 Å². The number of amides is 1. The fraction of sp³-hybridized carbons (Fsp3) is 0.529. The first-order valence-electron chi connectivity index (χ1n) is 8.21. The Hall–Kier alpha value is -1.66. The highest BCUT2D eigenvalue weighted by molar-refractivity contribution is 7.10. The van der Waals surface area contributed by atoms with Crippen LogP contribution in [0.2, 0.25) is 0 Å². The van der Waals surface area contributed by atoms with Gasteiger partial charge in [0, 0.05) is 30.6 Å². The minimum atomic E-state index is -0.381. The SMILES string of the molecule is O=C(CCCc1cn[nH]c1)N1CCC(C(O)c2cccs2)CC1. The van der Waals surface area contributed by atoms with Gasteiger partial charge >= 0.3 is 0 Å². The van der Waals surface area contributed by atoms with E-state index in [0.29, 0.717) is 6.42 Å². The van der Waals surface area contributed by atoms with E-state index in [0.717, 1.165) is 49.2 Å². The van der Waals surface area contributed by atoms with Crippen molar-refractivity contribution >= 4 is 17.2 Å². The molecule has 3 heterocycles. The van der Waals surface area contributed by atoms with E-state index < -0.39 is 0 Å². The van der Waals surface area contributed by atoms with Crippen LogP contribution in [0.25, 0.3) is 0 Å². The number of aryl methyl sites for hydroxylation is 1. The second-order valence-electron chi connectivity index (χ2n) is 6.14. The first-order chi connectivity index (χ1) is 11.2. The molecule has 1 aliphatic heterocycles. The first kappa shape index (κ1) is 16.2. The normalized spacial score (nSPS) is 17.3. The molecule has 0 aliphatic carbocycles. The lowest BCUT2D eigenvalue weighted by Gasteiger charge is -2.34. The third-order valence-corrected chi connectivity index (χ3v) is 5.53. The number of hydrogen-bond acceptors (Lipinski definition) is 4. The summed E-state index contributed by atoms with van der Waals surface area (Å²) < 4.78 is 0. The largest absolute Gasteiger partial charge is 0.387 e. The van der Waals surface area contributed by atoms with Crippen LogP contribution in [0.15, 0.2) is 29.9 Å². The van der Waals surface area contributed by atoms with Crippen LogP contribution in [0.3, 0.4) is 0 Å². The third kappa shape index (κ3) is 4.20. The number of likely N-dealkylation sites (tertiary alicyclic amines) is 1. The van der Waals surface area contributed by atoms with E-state index >= 15 is 0 Å². The number of aromatic amines is 1. The maximum atomic E-state index is 12.3. The standard InChI is InChI=1S/C17H23N3O2S/c21-16(5-1-3-13-11-18-19-12-13)20-8-6-14(7-9-20)17(22)15-4-2-10-23-15/h2,4,10-12,14,17,22H,1,3,5-9H2,(H,18,19). The molecule has 1 saturated heterocycles. The molecule has 2 aromatic rings. The summed E-state index contributed by atoms with van der Waals surface area (Å²) in [6, 6.07) is 3.96. The summed E-state index contributed by atoms with van der Waals surface area (Å²) in [6.07, 6.45) is 7.39. The van der Waals surface area contributed by atoms with Gasteiger partial charge in [0.1, 0.15) is 0 Å². The molecule has 2 aromatic heterocycles. The summed E-state index contributed by atoms with van der Waals surface area (Å²) in [6.45, 7) is 1.52. The van der Waals surface area contributed by atoms with Gasteiger partial charge in [0.15, 0.2) is 0 Å². The van der Waals surface area contributed by atoms with Crippen molar-refractivity contribution in [3.05, 3.63) is 40.3 Å². The number of nitrogens with one attached hydrogen (secondary N) is 1. The summed E-state index contributed by atoms with van der Waals surface area (Å²) in [5.74, 6) is 0.501. The zero-order valence-electron chi connectivity index (χ0n) is 13.1. The Morgan fingerprint density at radius 3 is 2.96 bits per heavy atom. The molecule has 0 radical (unpaired) electrons. The Morgan fingerprint density at radius 2 is 2.30 bits per heavy atom. The van der Waals surface area contributed by atoms with Gasteiger partial charge in [-0.25, -0.2) is 0 Å². The molecular weight excluding hydrogens is 310 g/mol. The highest BCUT2D eigenvalue weighted by Gasteiger charge is 2.28. The summed E-state index contributed by atoms with van der Waals surface area (Å²) in [5, 5.41) is 19.1. The predicted molar refractivity (Wildman–Crippen MR) is 90.1 cm³/mol. The Morgan fingerprint density at radius 1 is 1.48 bits per heavy atom. The van der Waals surface area contributed by atoms with Gasteiger partial charge < -0.3 is 10.0 Å². The van der Waals surface area contributed by atoms with Crippen LogP contribution in [-0.4, -0.2) is 39.2 Å². The molecule has 1 fully saturated rings. The van der Waals surface area contributed by atoms with E-state index in [-0.39, 0.29) is 17.9 Å². The number of carbonyl (C=O) groups is 1. The number of thiophene rings is 1. The number of nitrogens with zero attached hydrogens (tertiary/aromatic N) is 2. The van der Waals surface area contributed by atoms with Crippen molar-refractivity contribution in [3.8, 4) is 0 Å². The number of piperidine rings is 1. The van der Waals surface area contributed by atoms with Gasteiger partial charge in [-0.05, 0) is 48.6 Å². The summed E-state index contributed by atoms with van der Waals surface area (Å²) in [5.41, 5.74) is 1.15. The van der Waals surface area contributed by atoms with Gasteiger partial charge in [0.25, 0.3) is 0 Å². The molecule has 0 bridgehead atoms. The van der Waals surface area contributed by atoms with Gasteiger partial charge in [0.05, 0.1) is 12.3 Å². The van der Waals surface area contributed by atoms with Crippen molar-refractivity contribution < 1.29 is 9.90 Å². The zero-order chi connectivity index (χ0) is 16.1. The van der Waals surface area contributed by atoms with Crippen LogP contribution < -0.4 is 0 Å². The van der Waals surface area contributed by atoms with E-state index in [9.17, 15) is 9.90 Å². The molecule has 6 heteroatoms. The minimum absolute atomic E-state index is 0.234. The molecule has 124 valence electrons. The van der Waals surface area contributed by atoms with E-state index in [1.807, 2.05) is 34.8 Å². The van der Waals surface area contributed by atoms with Crippen LogP contribution >= 0.6 is 11.3 Å². The average molecular weight is 333 g/mol. The quantitative estimate of drug-likeness (QED) is 0.854. The van der Waals surface area contributed by atoms with Gasteiger partial charge in [0.2, 0.25) is 5.91 Å². The van der Waals surface area contributed by atoms with Crippen molar-refractivity contribution in [2.45, 2.75) is 38.2 Å². The summed E-state index contributed by atoms with van der Waals surface area (Å²) >= 11 is 1.60. The van der Waals surface area contributed by atoms with Gasteiger partial charge in [-0.2, -0.15) is 5.10 Å². The zero-order valence-corrected chi connectivity index (χ0v) is 14.0. The predicted octanol–water partition coefficient (Wildman–Crippen LogP) is 2.77. The molecule has 1 atom stereocenters. The Kier molecular flexibility index (Phi) is 5.46. The summed E-state index contributed by atoms with van der Waals surface area (Å²) in [4.78, 5) is 15.3. The van der Waals surface area contributed by atoms with Gasteiger partial charge in [-0.3, -0.25) is 9.89 Å². The van der Waals surface area contributed by atoms with Crippen molar-refractivity contribution in [1.82, 2.24) is 15.1 Å². The maximum Gasteiger partial charge on any atom is 0.222 e. The summed E-state index contributed by atoms with van der Waals surface area (Å²) in [7, 11) is 0. The topological polar surface area (TPSA) is 69.2 Å². The molecular formula is C17H23N3O2S. The van der Waals surface area contributed by atoms with Gasteiger partial charge in [-0.1, -0.05) is 6.07 Å². The van der Waals surface area contributed by atoms with Crippen LogP contribution in [-0.2, 0) is 11.2 Å². The molecule has 0 saturated carbocycles. The average Bonchev–Trinajstić information content (AvgIpc) is 3.28. The van der Waals surface area contributed by atoms with E-state index in [1.165, 1.54) is 0 Å². The maximum absolute atomic E-state index is 12.3. The molecule has 1 aliphatic rings. The molecule has 2 N–H and O–H groups in total. The number of hydrogen-bond donors (Lipinski definition) is 2. The molecule has 3 rings (SSSR count). The smallest absolute Gasteiger partial charge is 0.222 e. The third-order valence-electron chi connectivity index (χ3n) is 4.58. The van der Waals surface area contributed by atoms with Crippen LogP contribution in [0, 0.1) is 5.92 Å². The fourth-order valence-electron chi connectivity index (χ4n) is 3.17. The molecule has 5 nitrogen and oxygen atoms in total. The lowest BCUT2D eigenvalue weighted by atomic mass is 9.90. The lowest BCUT2D eigenvalue weighted by Crippen LogP contribution is -2.39. The van der Waals surface area contributed by atoms with Crippen molar-refractivity contribution in [2.75, 3.05) is 13.1 Å². The monoisotopic (exact) mass is 333 g/mol. The number of aromatic nitrogens is 2.